The molecule has 0 saturated carbocycles. The highest BCUT2D eigenvalue weighted by Gasteiger charge is 2.17. The van der Waals surface area contributed by atoms with Crippen LogP contribution in [0.3, 0.4) is 0 Å². The van der Waals surface area contributed by atoms with Crippen molar-refractivity contribution in [1.82, 2.24) is 0 Å². The van der Waals surface area contributed by atoms with Crippen LogP contribution in [0.2, 0.25) is 0 Å². The smallest absolute Gasteiger partial charge is 0.128 e. The Bertz CT molecular complexity index is 107. The molecule has 0 rings (SSSR count). The fraction of sp³-hybridized carbons (Fsp3) is 1.00. The summed E-state index contributed by atoms with van der Waals surface area (Å²) in [5.74, 6) is 0. The summed E-state index contributed by atoms with van der Waals surface area (Å²) < 4.78 is 18.4. The van der Waals surface area contributed by atoms with Gasteiger partial charge in [0.1, 0.15) is 5.67 Å². The van der Waals surface area contributed by atoms with Crippen molar-refractivity contribution in [2.75, 3.05) is 6.61 Å². The van der Waals surface area contributed by atoms with Gasteiger partial charge in [0.2, 0.25) is 0 Å². The van der Waals surface area contributed by atoms with Gasteiger partial charge >= 0.3 is 0 Å². The van der Waals surface area contributed by atoms with Gasteiger partial charge in [-0.2, -0.15) is 0 Å². The molecule has 0 spiro atoms. The van der Waals surface area contributed by atoms with Crippen LogP contribution in [0.5, 0.6) is 0 Å². The molecule has 0 amide bonds. The van der Waals surface area contributed by atoms with Crippen LogP contribution in [0.1, 0.15) is 47.0 Å². The van der Waals surface area contributed by atoms with Crippen LogP contribution < -0.4 is 0 Å². The van der Waals surface area contributed by atoms with Crippen molar-refractivity contribution < 1.29 is 9.13 Å². The molecule has 0 bridgehead atoms. The first-order valence-corrected chi connectivity index (χ1v) is 4.80. The predicted octanol–water partition coefficient (Wildman–Crippen LogP) is 3.33. The second-order valence-corrected chi connectivity index (χ2v) is 3.85. The second kappa shape index (κ2) is 5.52. The molecule has 12 heavy (non-hydrogen) atoms. The molecule has 1 unspecified atom stereocenters. The van der Waals surface area contributed by atoms with Crippen LogP contribution in [-0.4, -0.2) is 18.4 Å². The molecule has 1 atom stereocenters. The summed E-state index contributed by atoms with van der Waals surface area (Å²) in [4.78, 5) is 0. The standard InChI is InChI=1S/C10H21FO/c1-5-7-9(6-2)12-8-10(3,4)11/h9H,5-8H2,1-4H3. The highest BCUT2D eigenvalue weighted by atomic mass is 19.1. The monoisotopic (exact) mass is 176 g/mol. The maximum Gasteiger partial charge on any atom is 0.128 e. The van der Waals surface area contributed by atoms with Crippen LogP contribution in [0.4, 0.5) is 4.39 Å². The molecule has 1 nitrogen and oxygen atoms in total. The molecule has 0 fully saturated rings. The van der Waals surface area contributed by atoms with Gasteiger partial charge in [-0.25, -0.2) is 4.39 Å². The normalized spacial score (nSPS) is 14.8. The zero-order valence-corrected chi connectivity index (χ0v) is 8.69. The minimum Gasteiger partial charge on any atom is -0.375 e. The van der Waals surface area contributed by atoms with E-state index in [0.717, 1.165) is 19.3 Å². The highest BCUT2D eigenvalue weighted by Crippen LogP contribution is 2.13. The van der Waals surface area contributed by atoms with E-state index in [0.29, 0.717) is 0 Å². The molecular weight excluding hydrogens is 155 g/mol. The highest BCUT2D eigenvalue weighted by molar-refractivity contribution is 4.66. The maximum atomic E-state index is 13.0. The quantitative estimate of drug-likeness (QED) is 0.603. The summed E-state index contributed by atoms with van der Waals surface area (Å²) in [5.41, 5.74) is -1.19. The summed E-state index contributed by atoms with van der Waals surface area (Å²) in [7, 11) is 0. The van der Waals surface area contributed by atoms with Gasteiger partial charge in [-0.1, -0.05) is 20.3 Å². The predicted molar refractivity (Wildman–Crippen MR) is 50.1 cm³/mol. The van der Waals surface area contributed by atoms with Crippen LogP contribution in [0, 0.1) is 0 Å². The Hall–Kier alpha value is -0.110. The summed E-state index contributed by atoms with van der Waals surface area (Å²) in [6.07, 6.45) is 3.35. The van der Waals surface area contributed by atoms with Gasteiger partial charge in [0, 0.05) is 0 Å². The van der Waals surface area contributed by atoms with Gasteiger partial charge in [0.15, 0.2) is 0 Å². The van der Waals surface area contributed by atoms with Gasteiger partial charge in [0.05, 0.1) is 12.7 Å². The fourth-order valence-electron chi connectivity index (χ4n) is 1.04. The molecule has 0 heterocycles. The van der Waals surface area contributed by atoms with E-state index >= 15 is 0 Å². The number of rotatable bonds is 6. The van der Waals surface area contributed by atoms with Gasteiger partial charge in [-0.05, 0) is 26.7 Å². The zero-order chi connectivity index (χ0) is 9.61. The van der Waals surface area contributed by atoms with E-state index in [1.165, 1.54) is 0 Å². The molecule has 0 aromatic rings. The van der Waals surface area contributed by atoms with E-state index in [4.69, 9.17) is 4.74 Å². The first-order valence-electron chi connectivity index (χ1n) is 4.80. The fourth-order valence-corrected chi connectivity index (χ4v) is 1.04. The SMILES string of the molecule is CCCC(CC)OCC(C)(C)F. The van der Waals surface area contributed by atoms with Crippen LogP contribution >= 0.6 is 0 Å². The Morgan fingerprint density at radius 2 is 1.92 bits per heavy atom. The lowest BCUT2D eigenvalue weighted by Crippen LogP contribution is -2.25. The topological polar surface area (TPSA) is 9.23 Å². The van der Waals surface area contributed by atoms with Gasteiger partial charge < -0.3 is 4.74 Å². The Morgan fingerprint density at radius 3 is 2.25 bits per heavy atom. The molecule has 0 aromatic carbocycles. The lowest BCUT2D eigenvalue weighted by molar-refractivity contribution is -0.0174. The van der Waals surface area contributed by atoms with Gasteiger partial charge in [0.25, 0.3) is 0 Å². The number of ether oxygens (including phenoxy) is 1. The van der Waals surface area contributed by atoms with Crippen LogP contribution in [0.15, 0.2) is 0 Å². The Balaban J connectivity index is 3.58. The molecular formula is C10H21FO. The minimum atomic E-state index is -1.19. The van der Waals surface area contributed by atoms with Crippen molar-refractivity contribution in [3.63, 3.8) is 0 Å². The molecule has 2 heteroatoms. The number of hydrogen-bond acceptors (Lipinski definition) is 1. The van der Waals surface area contributed by atoms with Crippen molar-refractivity contribution in [2.24, 2.45) is 0 Å². The second-order valence-electron chi connectivity index (χ2n) is 3.85. The lowest BCUT2D eigenvalue weighted by atomic mass is 10.1. The summed E-state index contributed by atoms with van der Waals surface area (Å²) >= 11 is 0. The van der Waals surface area contributed by atoms with Crippen molar-refractivity contribution in [1.29, 1.82) is 0 Å². The largest absolute Gasteiger partial charge is 0.375 e. The number of halogens is 1. The minimum absolute atomic E-state index is 0.214. The third-order valence-electron chi connectivity index (χ3n) is 1.73. The first-order chi connectivity index (χ1) is 5.49. The maximum absolute atomic E-state index is 13.0. The van der Waals surface area contributed by atoms with E-state index in [2.05, 4.69) is 13.8 Å². The van der Waals surface area contributed by atoms with E-state index in [9.17, 15) is 4.39 Å². The summed E-state index contributed by atoms with van der Waals surface area (Å²) in [5, 5.41) is 0. The summed E-state index contributed by atoms with van der Waals surface area (Å²) in [6.45, 7) is 7.50. The Kier molecular flexibility index (Phi) is 5.47. The van der Waals surface area contributed by atoms with E-state index in [1.807, 2.05) is 0 Å². The molecule has 0 N–H and O–H groups in total. The summed E-state index contributed by atoms with van der Waals surface area (Å²) in [6, 6.07) is 0. The van der Waals surface area contributed by atoms with E-state index in [1.54, 1.807) is 13.8 Å². The molecule has 74 valence electrons. The number of alkyl halides is 1. The van der Waals surface area contributed by atoms with Crippen LogP contribution in [-0.2, 0) is 4.74 Å². The molecule has 0 radical (unpaired) electrons. The molecule has 0 aliphatic carbocycles. The zero-order valence-electron chi connectivity index (χ0n) is 8.69. The molecule has 0 aromatic heterocycles. The van der Waals surface area contributed by atoms with Crippen molar-refractivity contribution in [3.8, 4) is 0 Å². The van der Waals surface area contributed by atoms with E-state index < -0.39 is 5.67 Å². The van der Waals surface area contributed by atoms with Crippen molar-refractivity contribution >= 4 is 0 Å². The molecule has 0 aliphatic rings. The lowest BCUT2D eigenvalue weighted by Gasteiger charge is -2.20. The van der Waals surface area contributed by atoms with Crippen LogP contribution in [0.25, 0.3) is 0 Å². The van der Waals surface area contributed by atoms with Gasteiger partial charge in [-0.15, -0.1) is 0 Å². The molecule has 0 aliphatic heterocycles. The Morgan fingerprint density at radius 1 is 1.33 bits per heavy atom. The molecule has 0 saturated heterocycles. The van der Waals surface area contributed by atoms with Crippen molar-refractivity contribution in [3.05, 3.63) is 0 Å². The average Bonchev–Trinajstić information content (AvgIpc) is 1.96. The Labute approximate surface area is 75.3 Å². The average molecular weight is 176 g/mol. The third-order valence-corrected chi connectivity index (χ3v) is 1.73. The van der Waals surface area contributed by atoms with Crippen molar-refractivity contribution in [2.45, 2.75) is 58.7 Å². The van der Waals surface area contributed by atoms with Gasteiger partial charge in [-0.3, -0.25) is 0 Å². The first kappa shape index (κ1) is 11.9. The third kappa shape index (κ3) is 6.59. The van der Waals surface area contributed by atoms with E-state index in [-0.39, 0.29) is 12.7 Å². The number of hydrogen-bond donors (Lipinski definition) is 0.